The Kier molecular flexibility index (Phi) is 4.79. The average molecular weight is 470 g/mol. The molecule has 5 rings (SSSR count). The summed E-state index contributed by atoms with van der Waals surface area (Å²) in [7, 11) is 1.53. The van der Waals surface area contributed by atoms with Gasteiger partial charge < -0.3 is 4.42 Å². The van der Waals surface area contributed by atoms with E-state index in [1.165, 1.54) is 34.7 Å². The number of hydrogen-bond acceptors (Lipinski definition) is 5. The second-order valence-corrected chi connectivity index (χ2v) is 8.29. The maximum Gasteiger partial charge on any atom is 0.419 e. The number of fused-ring (bicyclic) bond motifs is 2. The van der Waals surface area contributed by atoms with Crippen LogP contribution in [0, 0.1) is 17.2 Å². The fourth-order valence-corrected chi connectivity index (χ4v) is 4.79. The molecule has 174 valence electrons. The van der Waals surface area contributed by atoms with E-state index in [0.29, 0.717) is 11.2 Å². The third-order valence-electron chi connectivity index (χ3n) is 6.44. The first-order chi connectivity index (χ1) is 16.1. The lowest BCUT2D eigenvalue weighted by Crippen LogP contribution is -2.57. The number of nitriles is 1. The van der Waals surface area contributed by atoms with Gasteiger partial charge in [-0.25, -0.2) is 9.59 Å². The van der Waals surface area contributed by atoms with Crippen LogP contribution in [0.15, 0.2) is 45.6 Å². The lowest BCUT2D eigenvalue weighted by Gasteiger charge is -2.39. The van der Waals surface area contributed by atoms with Gasteiger partial charge in [0.15, 0.2) is 5.58 Å². The van der Waals surface area contributed by atoms with Gasteiger partial charge in [0.1, 0.15) is 5.92 Å². The van der Waals surface area contributed by atoms with Crippen LogP contribution in [-0.2, 0) is 24.4 Å². The second kappa shape index (κ2) is 7.48. The molecule has 8 nitrogen and oxygen atoms in total. The van der Waals surface area contributed by atoms with Gasteiger partial charge in [-0.05, 0) is 42.2 Å². The van der Waals surface area contributed by atoms with Crippen LogP contribution >= 0.6 is 0 Å². The molecule has 0 N–H and O–H groups in total. The van der Waals surface area contributed by atoms with Crippen molar-refractivity contribution in [2.45, 2.75) is 25.1 Å². The Labute approximate surface area is 190 Å². The highest BCUT2D eigenvalue weighted by molar-refractivity contribution is 6.08. The molecule has 1 aliphatic heterocycles. The summed E-state index contributed by atoms with van der Waals surface area (Å²) >= 11 is 0. The van der Waals surface area contributed by atoms with E-state index in [0.717, 1.165) is 11.0 Å². The van der Waals surface area contributed by atoms with Crippen LogP contribution < -0.4 is 10.7 Å². The first-order valence-electron chi connectivity index (χ1n) is 10.4. The van der Waals surface area contributed by atoms with Crippen molar-refractivity contribution in [2.75, 3.05) is 11.4 Å². The number of alkyl halides is 3. The number of carbonyl (C=O) groups excluding carboxylic acids is 2. The number of carbonyl (C=O) groups is 2. The highest BCUT2D eigenvalue weighted by atomic mass is 19.4. The molecule has 2 aromatic carbocycles. The van der Waals surface area contributed by atoms with Crippen molar-refractivity contribution in [2.24, 2.45) is 13.0 Å². The summed E-state index contributed by atoms with van der Waals surface area (Å²) in [5, 5.41) is 9.58. The lowest BCUT2D eigenvalue weighted by atomic mass is 9.99. The highest BCUT2D eigenvalue weighted by Gasteiger charge is 2.47. The summed E-state index contributed by atoms with van der Waals surface area (Å²) in [6.45, 7) is -0.227. The minimum absolute atomic E-state index is 0.0467. The Morgan fingerprint density at radius 1 is 1.15 bits per heavy atom. The van der Waals surface area contributed by atoms with Crippen LogP contribution in [0.2, 0.25) is 0 Å². The van der Waals surface area contributed by atoms with Crippen molar-refractivity contribution < 1.29 is 27.2 Å². The predicted octanol–water partition coefficient (Wildman–Crippen LogP) is 3.75. The highest BCUT2D eigenvalue weighted by Crippen LogP contribution is 2.44. The van der Waals surface area contributed by atoms with Crippen molar-refractivity contribution in [3.05, 3.63) is 63.6 Å². The first kappa shape index (κ1) is 21.8. The number of oxazole rings is 1. The number of amides is 3. The minimum atomic E-state index is -4.56. The monoisotopic (exact) mass is 470 g/mol. The number of halogens is 3. The topological polar surface area (TPSA) is 99.6 Å². The Morgan fingerprint density at radius 3 is 2.62 bits per heavy atom. The van der Waals surface area contributed by atoms with Gasteiger partial charge in [-0.2, -0.15) is 18.4 Å². The van der Waals surface area contributed by atoms with Gasteiger partial charge in [-0.3, -0.25) is 19.2 Å². The molecule has 1 aliphatic carbocycles. The van der Waals surface area contributed by atoms with Crippen molar-refractivity contribution in [1.29, 1.82) is 5.26 Å². The fourth-order valence-electron chi connectivity index (χ4n) is 4.79. The number of anilines is 1. The van der Waals surface area contributed by atoms with Crippen molar-refractivity contribution >= 4 is 28.7 Å². The first-order valence-corrected chi connectivity index (χ1v) is 10.4. The number of hydrogen-bond donors (Lipinski definition) is 0. The summed E-state index contributed by atoms with van der Waals surface area (Å²) in [6, 6.07) is 8.53. The molecule has 1 saturated heterocycles. The molecule has 2 aliphatic rings. The Hall–Kier alpha value is -4.07. The van der Waals surface area contributed by atoms with Gasteiger partial charge >= 0.3 is 18.0 Å². The van der Waals surface area contributed by atoms with E-state index >= 15 is 0 Å². The van der Waals surface area contributed by atoms with Crippen molar-refractivity contribution in [1.82, 2.24) is 9.47 Å². The van der Waals surface area contributed by atoms with Gasteiger partial charge in [0.25, 0.3) is 0 Å². The molecule has 0 bridgehead atoms. The van der Waals surface area contributed by atoms with Crippen LogP contribution in [0.25, 0.3) is 11.1 Å². The zero-order valence-electron chi connectivity index (χ0n) is 17.8. The van der Waals surface area contributed by atoms with E-state index in [1.54, 1.807) is 12.1 Å². The van der Waals surface area contributed by atoms with Gasteiger partial charge in [0.2, 0.25) is 5.91 Å². The number of rotatable bonds is 2. The summed E-state index contributed by atoms with van der Waals surface area (Å²) in [5.41, 5.74) is 0.524. The molecule has 34 heavy (non-hydrogen) atoms. The number of aromatic nitrogens is 1. The molecule has 0 spiro atoms. The summed E-state index contributed by atoms with van der Waals surface area (Å²) in [4.78, 5) is 40.5. The van der Waals surface area contributed by atoms with E-state index in [1.807, 2.05) is 6.07 Å². The Morgan fingerprint density at radius 2 is 1.91 bits per heavy atom. The summed E-state index contributed by atoms with van der Waals surface area (Å²) < 4.78 is 46.9. The number of benzene rings is 2. The molecule has 3 amide bonds. The SMILES string of the molecule is Cn1c(=O)oc2cc(N3CC(C#N)C(=O)N(C4CCc5c4cccc5C(F)(F)F)C3=O)ccc21. The van der Waals surface area contributed by atoms with Crippen LogP contribution in [0.1, 0.15) is 29.2 Å². The number of aryl methyl sites for hydroxylation is 1. The maximum absolute atomic E-state index is 13.5. The van der Waals surface area contributed by atoms with E-state index in [4.69, 9.17) is 4.42 Å². The minimum Gasteiger partial charge on any atom is -0.408 e. The lowest BCUT2D eigenvalue weighted by molar-refractivity contribution is -0.138. The van der Waals surface area contributed by atoms with E-state index in [2.05, 4.69) is 0 Å². The summed E-state index contributed by atoms with van der Waals surface area (Å²) in [5.74, 6) is -2.54. The zero-order valence-corrected chi connectivity index (χ0v) is 17.8. The number of nitrogens with zero attached hydrogens (tertiary/aromatic N) is 4. The van der Waals surface area contributed by atoms with Crippen molar-refractivity contribution in [3.8, 4) is 6.07 Å². The van der Waals surface area contributed by atoms with Crippen LogP contribution in [-0.4, -0.2) is 28.0 Å². The molecule has 0 radical (unpaired) electrons. The second-order valence-electron chi connectivity index (χ2n) is 8.29. The smallest absolute Gasteiger partial charge is 0.408 e. The van der Waals surface area contributed by atoms with E-state index in [9.17, 15) is 32.8 Å². The molecule has 1 aromatic heterocycles. The van der Waals surface area contributed by atoms with Crippen molar-refractivity contribution in [3.63, 3.8) is 0 Å². The van der Waals surface area contributed by atoms with Gasteiger partial charge in [0.05, 0.1) is 29.7 Å². The third kappa shape index (κ3) is 3.17. The van der Waals surface area contributed by atoms with E-state index in [-0.39, 0.29) is 36.1 Å². The number of imide groups is 1. The molecule has 2 heterocycles. The van der Waals surface area contributed by atoms with Crippen LogP contribution in [0.4, 0.5) is 23.7 Å². The molecule has 1 fully saturated rings. The molecular weight excluding hydrogens is 453 g/mol. The zero-order chi connectivity index (χ0) is 24.4. The average Bonchev–Trinajstić information content (AvgIpc) is 3.34. The van der Waals surface area contributed by atoms with Gasteiger partial charge in [-0.15, -0.1) is 0 Å². The largest absolute Gasteiger partial charge is 0.419 e. The molecule has 11 heteroatoms. The summed E-state index contributed by atoms with van der Waals surface area (Å²) in [6.07, 6.45) is -4.39. The van der Waals surface area contributed by atoms with Gasteiger partial charge in [0, 0.05) is 18.8 Å². The fraction of sp³-hybridized carbons (Fsp3) is 0.304. The standard InChI is InChI=1S/C23H17F3N4O4/c1-28-18-7-5-13(9-19(18)34-22(28)33)29-11-12(10-27)20(31)30(21(29)32)17-8-6-14-15(17)3-2-4-16(14)23(24,25)26/h2-5,7,9,12,17H,6,8,11H2,1H3. The molecule has 2 atom stereocenters. The van der Waals surface area contributed by atoms with Gasteiger partial charge in [-0.1, -0.05) is 12.1 Å². The third-order valence-corrected chi connectivity index (χ3v) is 6.44. The van der Waals surface area contributed by atoms with Crippen LogP contribution in [0.3, 0.4) is 0 Å². The maximum atomic E-state index is 13.5. The molecule has 0 saturated carbocycles. The predicted molar refractivity (Wildman–Crippen MR) is 113 cm³/mol. The van der Waals surface area contributed by atoms with E-state index < -0.39 is 41.4 Å². The Bertz CT molecular complexity index is 1450. The molecule has 3 aromatic rings. The normalized spacial score (nSPS) is 20.7. The number of urea groups is 1. The Balaban J connectivity index is 1.57. The molecular formula is C23H17F3N4O4. The quantitative estimate of drug-likeness (QED) is 0.568. The molecule has 2 unspecified atom stereocenters. The van der Waals surface area contributed by atoms with Crippen LogP contribution in [0.5, 0.6) is 0 Å².